The molecular weight excluding hydrogens is 356 g/mol. The zero-order valence-electron chi connectivity index (χ0n) is 13.8. The summed E-state index contributed by atoms with van der Waals surface area (Å²) in [6.07, 6.45) is -1.08. The molecule has 1 aromatic heterocycles. The maximum Gasteiger partial charge on any atom is 0.404 e. The van der Waals surface area contributed by atoms with E-state index in [2.05, 4.69) is 15.3 Å². The summed E-state index contributed by atoms with van der Waals surface area (Å²) >= 11 is 5.93. The molecule has 26 heavy (non-hydrogen) atoms. The van der Waals surface area contributed by atoms with Crippen molar-refractivity contribution in [3.8, 4) is 0 Å². The monoisotopic (exact) mass is 372 g/mol. The molecule has 3 rings (SSSR count). The second kappa shape index (κ2) is 7.88. The van der Waals surface area contributed by atoms with E-state index in [1.807, 2.05) is 35.2 Å². The number of fused-ring (bicyclic) bond motifs is 1. The zero-order chi connectivity index (χ0) is 18.5. The predicted molar refractivity (Wildman–Crippen MR) is 101 cm³/mol. The first-order valence-electron chi connectivity index (χ1n) is 7.98. The summed E-state index contributed by atoms with van der Waals surface area (Å²) in [6.45, 7) is 1.01. The number of carbonyl (C=O) groups is 1. The Morgan fingerprint density at radius 2 is 2.00 bits per heavy atom. The van der Waals surface area contributed by atoms with Crippen LogP contribution in [-0.2, 0) is 6.54 Å². The Morgan fingerprint density at radius 1 is 1.23 bits per heavy atom. The minimum Gasteiger partial charge on any atom is -0.465 e. The van der Waals surface area contributed by atoms with Gasteiger partial charge in [-0.25, -0.2) is 9.78 Å². The molecule has 0 bridgehead atoms. The molecule has 2 aromatic carbocycles. The Morgan fingerprint density at radius 3 is 2.73 bits per heavy atom. The number of benzene rings is 2. The lowest BCUT2D eigenvalue weighted by Gasteiger charge is -2.24. The molecule has 0 atom stereocenters. The van der Waals surface area contributed by atoms with E-state index in [-0.39, 0.29) is 12.1 Å². The second-order valence-electron chi connectivity index (χ2n) is 5.66. The Hall–Kier alpha value is -3.06. The molecule has 0 saturated heterocycles. The third-order valence-electron chi connectivity index (χ3n) is 3.84. The van der Waals surface area contributed by atoms with Crippen molar-refractivity contribution in [3.05, 3.63) is 69.7 Å². The van der Waals surface area contributed by atoms with E-state index < -0.39 is 6.09 Å². The molecule has 0 saturated carbocycles. The summed E-state index contributed by atoms with van der Waals surface area (Å²) in [4.78, 5) is 32.2. The number of hydrogen-bond donors (Lipinski definition) is 3. The van der Waals surface area contributed by atoms with E-state index in [1.165, 1.54) is 0 Å². The van der Waals surface area contributed by atoms with Gasteiger partial charge in [0.1, 0.15) is 5.82 Å². The van der Waals surface area contributed by atoms with Crippen LogP contribution in [0.4, 0.5) is 10.5 Å². The van der Waals surface area contributed by atoms with Gasteiger partial charge in [0, 0.05) is 23.8 Å². The highest BCUT2D eigenvalue weighted by Gasteiger charge is 2.11. The van der Waals surface area contributed by atoms with Gasteiger partial charge >= 0.3 is 6.09 Å². The topological polar surface area (TPSA) is 98.3 Å². The van der Waals surface area contributed by atoms with Crippen molar-refractivity contribution in [3.63, 3.8) is 0 Å². The number of amides is 1. The van der Waals surface area contributed by atoms with Crippen LogP contribution in [0.1, 0.15) is 5.82 Å². The minimum absolute atomic E-state index is 0.248. The molecule has 1 heterocycles. The summed E-state index contributed by atoms with van der Waals surface area (Å²) in [5, 5.41) is 12.0. The van der Waals surface area contributed by atoms with Crippen LogP contribution in [-0.4, -0.2) is 34.3 Å². The van der Waals surface area contributed by atoms with E-state index in [1.54, 1.807) is 18.2 Å². The number of rotatable bonds is 6. The molecule has 3 aromatic rings. The van der Waals surface area contributed by atoms with Crippen LogP contribution in [0.5, 0.6) is 0 Å². The molecule has 1 amide bonds. The van der Waals surface area contributed by atoms with Crippen molar-refractivity contribution in [1.29, 1.82) is 0 Å². The molecule has 0 aliphatic heterocycles. The van der Waals surface area contributed by atoms with Crippen LogP contribution in [0.25, 0.3) is 10.9 Å². The number of anilines is 1. The zero-order valence-corrected chi connectivity index (χ0v) is 14.5. The number of nitrogens with one attached hydrogen (secondary N) is 2. The van der Waals surface area contributed by atoms with Gasteiger partial charge in [-0.3, -0.25) is 4.79 Å². The number of nitrogens with zero attached hydrogens (tertiary/aromatic N) is 2. The number of halogens is 1. The van der Waals surface area contributed by atoms with Gasteiger partial charge < -0.3 is 20.3 Å². The van der Waals surface area contributed by atoms with E-state index >= 15 is 0 Å². The van der Waals surface area contributed by atoms with E-state index in [9.17, 15) is 9.59 Å². The van der Waals surface area contributed by atoms with Crippen molar-refractivity contribution in [2.24, 2.45) is 0 Å². The number of aromatic amines is 1. The maximum atomic E-state index is 12.3. The van der Waals surface area contributed by atoms with E-state index in [0.717, 1.165) is 5.69 Å². The van der Waals surface area contributed by atoms with E-state index in [4.69, 9.17) is 16.7 Å². The fourth-order valence-electron chi connectivity index (χ4n) is 2.65. The Bertz CT molecular complexity index is 975. The van der Waals surface area contributed by atoms with Gasteiger partial charge in [-0.1, -0.05) is 29.8 Å². The summed E-state index contributed by atoms with van der Waals surface area (Å²) in [5.41, 5.74) is 1.20. The number of H-pyrrole nitrogens is 1. The number of para-hydroxylation sites is 1. The van der Waals surface area contributed by atoms with Crippen molar-refractivity contribution in [2.75, 3.05) is 18.0 Å². The van der Waals surface area contributed by atoms with Crippen molar-refractivity contribution >= 4 is 34.3 Å². The summed E-state index contributed by atoms with van der Waals surface area (Å²) in [6, 6.07) is 14.5. The Labute approximate surface area is 154 Å². The first-order chi connectivity index (χ1) is 12.5. The molecule has 0 unspecified atom stereocenters. The highest BCUT2D eigenvalue weighted by Crippen LogP contribution is 2.17. The average Bonchev–Trinajstić information content (AvgIpc) is 2.62. The van der Waals surface area contributed by atoms with Crippen LogP contribution >= 0.6 is 11.6 Å². The SMILES string of the molecule is O=C(O)NCCN(Cc1nc2ccc(Cl)cc2c(=O)[nH]1)c1ccccc1. The lowest BCUT2D eigenvalue weighted by Crippen LogP contribution is -2.34. The Kier molecular flexibility index (Phi) is 5.38. The van der Waals surface area contributed by atoms with Gasteiger partial charge in [-0.2, -0.15) is 0 Å². The molecule has 3 N–H and O–H groups in total. The summed E-state index contributed by atoms with van der Waals surface area (Å²) in [5.74, 6) is 0.490. The summed E-state index contributed by atoms with van der Waals surface area (Å²) in [7, 11) is 0. The average molecular weight is 373 g/mol. The highest BCUT2D eigenvalue weighted by atomic mass is 35.5. The molecule has 8 heteroatoms. The Balaban J connectivity index is 1.88. The van der Waals surface area contributed by atoms with Crippen molar-refractivity contribution in [2.45, 2.75) is 6.54 Å². The number of aromatic nitrogens is 2. The lowest BCUT2D eigenvalue weighted by molar-refractivity contribution is 0.194. The number of carboxylic acid groups (broad SMARTS) is 1. The van der Waals surface area contributed by atoms with Gasteiger partial charge in [-0.15, -0.1) is 0 Å². The first kappa shape index (κ1) is 17.8. The van der Waals surface area contributed by atoms with Crippen LogP contribution in [0.15, 0.2) is 53.3 Å². The smallest absolute Gasteiger partial charge is 0.404 e. The van der Waals surface area contributed by atoms with Gasteiger partial charge in [0.15, 0.2) is 0 Å². The third kappa shape index (κ3) is 4.31. The summed E-state index contributed by atoms with van der Waals surface area (Å²) < 4.78 is 0. The molecule has 0 aliphatic carbocycles. The van der Waals surface area contributed by atoms with Crippen molar-refractivity contribution < 1.29 is 9.90 Å². The van der Waals surface area contributed by atoms with Crippen molar-refractivity contribution in [1.82, 2.24) is 15.3 Å². The molecule has 0 radical (unpaired) electrons. The first-order valence-corrected chi connectivity index (χ1v) is 8.36. The van der Waals surface area contributed by atoms with Crippen LogP contribution in [0, 0.1) is 0 Å². The molecule has 0 aliphatic rings. The third-order valence-corrected chi connectivity index (χ3v) is 4.07. The maximum absolute atomic E-state index is 12.3. The molecule has 0 fully saturated rings. The molecule has 7 nitrogen and oxygen atoms in total. The second-order valence-corrected chi connectivity index (χ2v) is 6.10. The minimum atomic E-state index is -1.08. The van der Waals surface area contributed by atoms with Gasteiger partial charge in [-0.05, 0) is 30.3 Å². The van der Waals surface area contributed by atoms with Gasteiger partial charge in [0.2, 0.25) is 0 Å². The van der Waals surface area contributed by atoms with Gasteiger partial charge in [0.25, 0.3) is 5.56 Å². The predicted octanol–water partition coefficient (Wildman–Crippen LogP) is 2.85. The number of hydrogen-bond acceptors (Lipinski definition) is 4. The fourth-order valence-corrected chi connectivity index (χ4v) is 2.82. The standard InChI is InChI=1S/C18H17ClN4O3/c19-12-6-7-15-14(10-12)17(24)22-16(21-15)11-23(9-8-20-18(25)26)13-4-2-1-3-5-13/h1-7,10,20H,8-9,11H2,(H,25,26)(H,21,22,24). The van der Waals surface area contributed by atoms with Crippen LogP contribution in [0.2, 0.25) is 5.02 Å². The normalized spacial score (nSPS) is 10.7. The van der Waals surface area contributed by atoms with Gasteiger partial charge in [0.05, 0.1) is 17.4 Å². The van der Waals surface area contributed by atoms with E-state index in [0.29, 0.717) is 34.8 Å². The lowest BCUT2D eigenvalue weighted by atomic mass is 10.2. The molecular formula is C18H17ClN4O3. The quantitative estimate of drug-likeness (QED) is 0.618. The molecule has 134 valence electrons. The largest absolute Gasteiger partial charge is 0.465 e. The van der Waals surface area contributed by atoms with Crippen LogP contribution < -0.4 is 15.8 Å². The molecule has 0 spiro atoms. The van der Waals surface area contributed by atoms with Crippen LogP contribution in [0.3, 0.4) is 0 Å². The highest BCUT2D eigenvalue weighted by molar-refractivity contribution is 6.31. The fraction of sp³-hybridized carbons (Fsp3) is 0.167.